The highest BCUT2D eigenvalue weighted by Crippen LogP contribution is 2.09. The van der Waals surface area contributed by atoms with Crippen molar-refractivity contribution < 1.29 is 9.59 Å². The molecule has 0 aliphatic rings. The van der Waals surface area contributed by atoms with Crippen LogP contribution in [-0.4, -0.2) is 16.8 Å². The van der Waals surface area contributed by atoms with Crippen molar-refractivity contribution in [2.75, 3.05) is 5.32 Å². The molecule has 0 spiro atoms. The number of benzene rings is 1. The zero-order valence-corrected chi connectivity index (χ0v) is 12.1. The number of aryl methyl sites for hydroxylation is 1. The number of carbonyl (C=O) groups excluding carboxylic acids is 2. The first-order valence-electron chi connectivity index (χ1n) is 6.31. The molecule has 21 heavy (non-hydrogen) atoms. The van der Waals surface area contributed by atoms with Gasteiger partial charge in [-0.25, -0.2) is 4.98 Å². The van der Waals surface area contributed by atoms with Gasteiger partial charge in [-0.05, 0) is 36.2 Å². The fourth-order valence-electron chi connectivity index (χ4n) is 1.58. The SMILES string of the molecule is Cc1ccc(NC(=O)C(=O)NCc2ccc(Cl)cc2)nc1. The molecule has 1 heterocycles. The lowest BCUT2D eigenvalue weighted by Crippen LogP contribution is -2.35. The minimum atomic E-state index is -0.750. The second-order valence-corrected chi connectivity index (χ2v) is 4.92. The van der Waals surface area contributed by atoms with Crippen molar-refractivity contribution in [3.63, 3.8) is 0 Å². The van der Waals surface area contributed by atoms with E-state index in [9.17, 15) is 9.59 Å². The van der Waals surface area contributed by atoms with E-state index in [0.717, 1.165) is 11.1 Å². The summed E-state index contributed by atoms with van der Waals surface area (Å²) >= 11 is 5.77. The van der Waals surface area contributed by atoms with Crippen molar-refractivity contribution in [3.05, 3.63) is 58.7 Å². The Morgan fingerprint density at radius 1 is 1.10 bits per heavy atom. The average molecular weight is 304 g/mol. The summed E-state index contributed by atoms with van der Waals surface area (Å²) in [5.41, 5.74) is 1.83. The Balaban J connectivity index is 1.86. The van der Waals surface area contributed by atoms with Gasteiger partial charge in [0.25, 0.3) is 0 Å². The Labute approximate surface area is 127 Å². The molecule has 2 amide bonds. The van der Waals surface area contributed by atoms with Gasteiger partial charge in [-0.15, -0.1) is 0 Å². The molecular weight excluding hydrogens is 290 g/mol. The maximum atomic E-state index is 11.7. The molecule has 2 N–H and O–H groups in total. The lowest BCUT2D eigenvalue weighted by molar-refractivity contribution is -0.136. The fraction of sp³-hybridized carbons (Fsp3) is 0.133. The largest absolute Gasteiger partial charge is 0.344 e. The van der Waals surface area contributed by atoms with Crippen LogP contribution < -0.4 is 10.6 Å². The van der Waals surface area contributed by atoms with Gasteiger partial charge in [0, 0.05) is 17.8 Å². The highest BCUT2D eigenvalue weighted by Gasteiger charge is 2.13. The van der Waals surface area contributed by atoms with Gasteiger partial charge in [0.15, 0.2) is 0 Å². The molecule has 5 nitrogen and oxygen atoms in total. The number of halogens is 1. The van der Waals surface area contributed by atoms with E-state index in [4.69, 9.17) is 11.6 Å². The van der Waals surface area contributed by atoms with Crippen molar-refractivity contribution in [2.24, 2.45) is 0 Å². The van der Waals surface area contributed by atoms with E-state index in [2.05, 4.69) is 15.6 Å². The van der Waals surface area contributed by atoms with E-state index in [1.165, 1.54) is 0 Å². The molecule has 0 aliphatic heterocycles. The van der Waals surface area contributed by atoms with Gasteiger partial charge in [0.1, 0.15) is 5.82 Å². The van der Waals surface area contributed by atoms with Crippen molar-refractivity contribution in [3.8, 4) is 0 Å². The van der Waals surface area contributed by atoms with Crippen molar-refractivity contribution >= 4 is 29.2 Å². The molecule has 2 rings (SSSR count). The van der Waals surface area contributed by atoms with Crippen molar-refractivity contribution in [1.82, 2.24) is 10.3 Å². The van der Waals surface area contributed by atoms with Crippen LogP contribution in [-0.2, 0) is 16.1 Å². The third-order valence-corrected chi connectivity index (χ3v) is 2.98. The van der Waals surface area contributed by atoms with Crippen LogP contribution in [0.4, 0.5) is 5.82 Å². The van der Waals surface area contributed by atoms with Gasteiger partial charge in [0.2, 0.25) is 0 Å². The van der Waals surface area contributed by atoms with Crippen LogP contribution in [0.15, 0.2) is 42.6 Å². The Morgan fingerprint density at radius 3 is 2.43 bits per heavy atom. The molecule has 6 heteroatoms. The van der Waals surface area contributed by atoms with Crippen LogP contribution in [0.25, 0.3) is 0 Å². The number of hydrogen-bond acceptors (Lipinski definition) is 3. The lowest BCUT2D eigenvalue weighted by atomic mass is 10.2. The molecule has 1 aromatic heterocycles. The van der Waals surface area contributed by atoms with Gasteiger partial charge in [-0.3, -0.25) is 9.59 Å². The Kier molecular flexibility index (Phi) is 4.90. The highest BCUT2D eigenvalue weighted by atomic mass is 35.5. The Bertz CT molecular complexity index is 639. The normalized spacial score (nSPS) is 10.0. The minimum absolute atomic E-state index is 0.255. The zero-order chi connectivity index (χ0) is 15.2. The molecule has 0 aliphatic carbocycles. The molecule has 0 fully saturated rings. The molecule has 108 valence electrons. The van der Waals surface area contributed by atoms with Crippen LogP contribution in [0.3, 0.4) is 0 Å². The summed E-state index contributed by atoms with van der Waals surface area (Å²) in [6.45, 7) is 2.14. The molecule has 0 bridgehead atoms. The summed E-state index contributed by atoms with van der Waals surface area (Å²) in [7, 11) is 0. The van der Waals surface area contributed by atoms with Gasteiger partial charge in [0.05, 0.1) is 0 Å². The smallest absolute Gasteiger partial charge is 0.314 e. The van der Waals surface area contributed by atoms with Gasteiger partial charge in [-0.2, -0.15) is 0 Å². The predicted molar refractivity (Wildman–Crippen MR) is 80.9 cm³/mol. The van der Waals surface area contributed by atoms with Crippen LogP contribution in [0.5, 0.6) is 0 Å². The Morgan fingerprint density at radius 2 is 1.81 bits per heavy atom. The first-order chi connectivity index (χ1) is 10.0. The monoisotopic (exact) mass is 303 g/mol. The molecule has 2 aromatic rings. The van der Waals surface area contributed by atoms with Gasteiger partial charge in [-0.1, -0.05) is 29.8 Å². The molecule has 0 atom stereocenters. The molecular formula is C15H14ClN3O2. The summed E-state index contributed by atoms with van der Waals surface area (Å²) in [6.07, 6.45) is 1.61. The third kappa shape index (κ3) is 4.57. The lowest BCUT2D eigenvalue weighted by Gasteiger charge is -2.06. The minimum Gasteiger partial charge on any atom is -0.344 e. The molecule has 0 saturated carbocycles. The average Bonchev–Trinajstić information content (AvgIpc) is 2.48. The number of aromatic nitrogens is 1. The second kappa shape index (κ2) is 6.85. The summed E-state index contributed by atoms with van der Waals surface area (Å²) in [6, 6.07) is 10.4. The third-order valence-electron chi connectivity index (χ3n) is 2.73. The summed E-state index contributed by atoms with van der Waals surface area (Å²) in [5, 5.41) is 5.58. The number of anilines is 1. The number of carbonyl (C=O) groups is 2. The number of nitrogens with one attached hydrogen (secondary N) is 2. The highest BCUT2D eigenvalue weighted by molar-refractivity contribution is 6.39. The van der Waals surface area contributed by atoms with E-state index in [-0.39, 0.29) is 6.54 Å². The summed E-state index contributed by atoms with van der Waals surface area (Å²) < 4.78 is 0. The number of amides is 2. The van der Waals surface area contributed by atoms with E-state index < -0.39 is 11.8 Å². The number of rotatable bonds is 3. The summed E-state index contributed by atoms with van der Waals surface area (Å²) in [5.74, 6) is -1.13. The number of hydrogen-bond donors (Lipinski definition) is 2. The molecule has 0 radical (unpaired) electrons. The summed E-state index contributed by atoms with van der Waals surface area (Å²) in [4.78, 5) is 27.4. The second-order valence-electron chi connectivity index (χ2n) is 4.48. The number of nitrogens with zero attached hydrogens (tertiary/aromatic N) is 1. The molecule has 0 saturated heterocycles. The first kappa shape index (κ1) is 15.0. The maximum absolute atomic E-state index is 11.7. The maximum Gasteiger partial charge on any atom is 0.314 e. The zero-order valence-electron chi connectivity index (χ0n) is 11.4. The Hall–Kier alpha value is -2.40. The van der Waals surface area contributed by atoms with Crippen LogP contribution in [0.2, 0.25) is 5.02 Å². The quantitative estimate of drug-likeness (QED) is 0.855. The molecule has 0 unspecified atom stereocenters. The fourth-order valence-corrected chi connectivity index (χ4v) is 1.71. The molecule has 1 aromatic carbocycles. The standard InChI is InChI=1S/C15H14ClN3O2/c1-10-2-7-13(17-8-10)19-15(21)14(20)18-9-11-3-5-12(16)6-4-11/h2-8H,9H2,1H3,(H,18,20)(H,17,19,21). The van der Waals surface area contributed by atoms with E-state index >= 15 is 0 Å². The van der Waals surface area contributed by atoms with Crippen molar-refractivity contribution in [2.45, 2.75) is 13.5 Å². The van der Waals surface area contributed by atoms with Crippen LogP contribution in [0.1, 0.15) is 11.1 Å². The van der Waals surface area contributed by atoms with E-state index in [1.807, 2.05) is 6.92 Å². The van der Waals surface area contributed by atoms with E-state index in [1.54, 1.807) is 42.6 Å². The van der Waals surface area contributed by atoms with Crippen LogP contribution >= 0.6 is 11.6 Å². The van der Waals surface area contributed by atoms with Gasteiger partial charge < -0.3 is 10.6 Å². The van der Waals surface area contributed by atoms with Crippen molar-refractivity contribution in [1.29, 1.82) is 0 Å². The topological polar surface area (TPSA) is 71.1 Å². The van der Waals surface area contributed by atoms with Gasteiger partial charge >= 0.3 is 11.8 Å². The first-order valence-corrected chi connectivity index (χ1v) is 6.68. The number of pyridine rings is 1. The van der Waals surface area contributed by atoms with Crippen LogP contribution in [0, 0.1) is 6.92 Å². The van der Waals surface area contributed by atoms with E-state index in [0.29, 0.717) is 10.8 Å². The predicted octanol–water partition coefficient (Wildman–Crippen LogP) is 2.30.